The Labute approximate surface area is 115 Å². The minimum Gasteiger partial charge on any atom is -0.374 e. The van der Waals surface area contributed by atoms with Crippen LogP contribution < -0.4 is 5.32 Å². The summed E-state index contributed by atoms with van der Waals surface area (Å²) in [5, 5.41) is 4.51. The van der Waals surface area contributed by atoms with Gasteiger partial charge in [0, 0.05) is 4.88 Å². The second kappa shape index (κ2) is 5.24. The summed E-state index contributed by atoms with van der Waals surface area (Å²) in [6, 6.07) is 4.64. The lowest BCUT2D eigenvalue weighted by molar-refractivity contribution is 0.628. The number of hydrogen-bond donors (Lipinski definition) is 1. The summed E-state index contributed by atoms with van der Waals surface area (Å²) < 4.78 is 13.7. The van der Waals surface area contributed by atoms with E-state index in [9.17, 15) is 4.39 Å². The minimum absolute atomic E-state index is 0.0226. The number of aryl methyl sites for hydroxylation is 2. The molecule has 1 aromatic carbocycles. The van der Waals surface area contributed by atoms with Gasteiger partial charge in [0.15, 0.2) is 0 Å². The molecule has 96 valence electrons. The summed E-state index contributed by atoms with van der Waals surface area (Å²) in [5.74, 6) is -0.340. The van der Waals surface area contributed by atoms with Crippen LogP contribution in [0.3, 0.4) is 0 Å². The summed E-state index contributed by atoms with van der Waals surface area (Å²) in [7, 11) is 0. The molecule has 1 heterocycles. The molecule has 0 aliphatic rings. The second-order valence-corrected chi connectivity index (χ2v) is 5.79. The first-order valence-corrected chi connectivity index (χ1v) is 6.83. The Bertz CT molecular complexity index is 548. The number of nitrogens with one attached hydrogen (secondary N) is 1. The molecule has 1 aromatic heterocycles. The molecule has 18 heavy (non-hydrogen) atoms. The summed E-state index contributed by atoms with van der Waals surface area (Å²) >= 11 is 7.61. The third kappa shape index (κ3) is 2.65. The second-order valence-electron chi connectivity index (χ2n) is 4.15. The molecule has 1 atom stereocenters. The number of nitrogens with zero attached hydrogens (tertiary/aromatic N) is 1. The van der Waals surface area contributed by atoms with Crippen molar-refractivity contribution in [2.24, 2.45) is 0 Å². The molecule has 0 fully saturated rings. The van der Waals surface area contributed by atoms with Crippen LogP contribution in [0.15, 0.2) is 18.2 Å². The van der Waals surface area contributed by atoms with E-state index in [4.69, 9.17) is 11.6 Å². The Balaban J connectivity index is 2.26. The lowest BCUT2D eigenvalue weighted by Crippen LogP contribution is -2.08. The summed E-state index contributed by atoms with van der Waals surface area (Å²) in [4.78, 5) is 5.47. The molecule has 2 aromatic rings. The molecule has 0 amide bonds. The highest BCUT2D eigenvalue weighted by Crippen LogP contribution is 2.31. The Morgan fingerprint density at radius 2 is 2.11 bits per heavy atom. The standard InChI is InChI=1S/C13H14ClFN2S/c1-7-13(18-9(3)16-7)8(2)17-12-10(14)5-4-6-11(12)15/h4-6,8,17H,1-3H3. The summed E-state index contributed by atoms with van der Waals surface area (Å²) in [6.45, 7) is 5.90. The van der Waals surface area contributed by atoms with Gasteiger partial charge in [-0.2, -0.15) is 0 Å². The lowest BCUT2D eigenvalue weighted by Gasteiger charge is -2.16. The molecule has 0 saturated carbocycles. The summed E-state index contributed by atoms with van der Waals surface area (Å²) in [6.07, 6.45) is 0. The Morgan fingerprint density at radius 1 is 1.39 bits per heavy atom. The first kappa shape index (κ1) is 13.3. The minimum atomic E-state index is -0.340. The van der Waals surface area contributed by atoms with E-state index in [-0.39, 0.29) is 11.9 Å². The Morgan fingerprint density at radius 3 is 2.67 bits per heavy atom. The number of benzene rings is 1. The van der Waals surface area contributed by atoms with E-state index in [1.807, 2.05) is 20.8 Å². The van der Waals surface area contributed by atoms with Gasteiger partial charge in [-0.05, 0) is 32.9 Å². The highest BCUT2D eigenvalue weighted by Gasteiger charge is 2.15. The summed E-state index contributed by atoms with van der Waals surface area (Å²) in [5.41, 5.74) is 1.32. The molecule has 1 unspecified atom stereocenters. The van der Waals surface area contributed by atoms with Gasteiger partial charge in [-0.25, -0.2) is 9.37 Å². The van der Waals surface area contributed by atoms with Crippen molar-refractivity contribution in [1.82, 2.24) is 4.98 Å². The van der Waals surface area contributed by atoms with Gasteiger partial charge in [0.2, 0.25) is 0 Å². The average Bonchev–Trinajstić information content (AvgIpc) is 2.63. The topological polar surface area (TPSA) is 24.9 Å². The Kier molecular flexibility index (Phi) is 3.88. The number of para-hydroxylation sites is 1. The largest absolute Gasteiger partial charge is 0.374 e. The molecule has 0 aliphatic heterocycles. The van der Waals surface area contributed by atoms with E-state index in [0.29, 0.717) is 10.7 Å². The zero-order chi connectivity index (χ0) is 13.3. The van der Waals surface area contributed by atoms with Gasteiger partial charge in [0.25, 0.3) is 0 Å². The molecule has 0 spiro atoms. The van der Waals surface area contributed by atoms with Crippen LogP contribution in [0, 0.1) is 19.7 Å². The van der Waals surface area contributed by atoms with Crippen molar-refractivity contribution >= 4 is 28.6 Å². The number of rotatable bonds is 3. The van der Waals surface area contributed by atoms with Gasteiger partial charge in [0.1, 0.15) is 5.82 Å². The van der Waals surface area contributed by atoms with Crippen molar-refractivity contribution in [3.8, 4) is 0 Å². The van der Waals surface area contributed by atoms with Crippen LogP contribution >= 0.6 is 22.9 Å². The van der Waals surface area contributed by atoms with Crippen LogP contribution in [0.2, 0.25) is 5.02 Å². The fourth-order valence-corrected chi connectivity index (χ4v) is 3.01. The number of thiazole rings is 1. The molecule has 2 rings (SSSR count). The first-order chi connectivity index (χ1) is 8.49. The highest BCUT2D eigenvalue weighted by atomic mass is 35.5. The maximum atomic E-state index is 13.7. The predicted molar refractivity (Wildman–Crippen MR) is 75.0 cm³/mol. The first-order valence-electron chi connectivity index (χ1n) is 5.63. The van der Waals surface area contributed by atoms with Gasteiger partial charge in [-0.3, -0.25) is 0 Å². The number of hydrogen-bond acceptors (Lipinski definition) is 3. The smallest absolute Gasteiger partial charge is 0.147 e. The average molecular weight is 285 g/mol. The predicted octanol–water partition coefficient (Wildman–Crippen LogP) is 4.73. The van der Waals surface area contributed by atoms with E-state index in [1.54, 1.807) is 23.5 Å². The molecular formula is C13H14ClFN2S. The normalized spacial score (nSPS) is 12.5. The third-order valence-corrected chi connectivity index (χ3v) is 4.23. The number of anilines is 1. The van der Waals surface area contributed by atoms with Crippen molar-refractivity contribution in [2.75, 3.05) is 5.32 Å². The Hall–Kier alpha value is -1.13. The SMILES string of the molecule is Cc1nc(C)c(C(C)Nc2c(F)cccc2Cl)s1. The van der Waals surface area contributed by atoms with Crippen molar-refractivity contribution in [1.29, 1.82) is 0 Å². The van der Waals surface area contributed by atoms with Gasteiger partial charge in [-0.15, -0.1) is 11.3 Å². The van der Waals surface area contributed by atoms with E-state index >= 15 is 0 Å². The van der Waals surface area contributed by atoms with Crippen LogP contribution in [0.25, 0.3) is 0 Å². The maximum absolute atomic E-state index is 13.7. The maximum Gasteiger partial charge on any atom is 0.147 e. The van der Waals surface area contributed by atoms with Crippen molar-refractivity contribution in [2.45, 2.75) is 26.8 Å². The zero-order valence-corrected chi connectivity index (χ0v) is 12.0. The van der Waals surface area contributed by atoms with E-state index < -0.39 is 0 Å². The van der Waals surface area contributed by atoms with E-state index in [0.717, 1.165) is 15.6 Å². The van der Waals surface area contributed by atoms with Crippen LogP contribution in [0.1, 0.15) is 28.5 Å². The van der Waals surface area contributed by atoms with Crippen molar-refractivity contribution < 1.29 is 4.39 Å². The number of aromatic nitrogens is 1. The van der Waals surface area contributed by atoms with Gasteiger partial charge in [-0.1, -0.05) is 17.7 Å². The molecule has 1 N–H and O–H groups in total. The quantitative estimate of drug-likeness (QED) is 0.882. The highest BCUT2D eigenvalue weighted by molar-refractivity contribution is 7.11. The van der Waals surface area contributed by atoms with Crippen LogP contribution in [0.5, 0.6) is 0 Å². The molecule has 0 radical (unpaired) electrons. The fourth-order valence-electron chi connectivity index (χ4n) is 1.87. The van der Waals surface area contributed by atoms with Crippen LogP contribution in [-0.4, -0.2) is 4.98 Å². The van der Waals surface area contributed by atoms with Gasteiger partial charge in [0.05, 0.1) is 27.5 Å². The third-order valence-electron chi connectivity index (χ3n) is 2.66. The fraction of sp³-hybridized carbons (Fsp3) is 0.308. The van der Waals surface area contributed by atoms with E-state index in [2.05, 4.69) is 10.3 Å². The lowest BCUT2D eigenvalue weighted by atomic mass is 10.2. The zero-order valence-electron chi connectivity index (χ0n) is 10.4. The van der Waals surface area contributed by atoms with Crippen LogP contribution in [-0.2, 0) is 0 Å². The molecule has 0 bridgehead atoms. The van der Waals surface area contributed by atoms with E-state index in [1.165, 1.54) is 6.07 Å². The molecule has 5 heteroatoms. The van der Waals surface area contributed by atoms with Gasteiger partial charge >= 0.3 is 0 Å². The van der Waals surface area contributed by atoms with Crippen LogP contribution in [0.4, 0.5) is 10.1 Å². The van der Waals surface area contributed by atoms with Gasteiger partial charge < -0.3 is 5.32 Å². The molecule has 0 saturated heterocycles. The molecular weight excluding hydrogens is 271 g/mol. The number of halogens is 2. The van der Waals surface area contributed by atoms with Crippen molar-refractivity contribution in [3.05, 3.63) is 44.6 Å². The van der Waals surface area contributed by atoms with Crippen molar-refractivity contribution in [3.63, 3.8) is 0 Å². The molecule has 0 aliphatic carbocycles. The molecule has 2 nitrogen and oxygen atoms in total. The monoisotopic (exact) mass is 284 g/mol.